The van der Waals surface area contributed by atoms with E-state index in [1.54, 1.807) is 19.1 Å². The number of carbonyl (C=O) groups is 1. The standard InChI is InChI=1S/C28H32N2O4S/c1-3-34-27-17-16-23(18-20(27)2)35(32,33)30-26(19-21-10-5-4-6-11-21)28(31)29-25-15-9-13-22-12-7-8-14-24(22)25/h4-8,10-12,14,16-18,25-26,30H,3,9,13,15,19H2,1-2H3,(H,29,31)/t25-,26+/m1/s1. The van der Waals surface area contributed by atoms with Crippen LogP contribution in [0, 0.1) is 6.92 Å². The third-order valence-electron chi connectivity index (χ3n) is 6.34. The molecule has 0 aliphatic heterocycles. The maximum Gasteiger partial charge on any atom is 0.241 e. The van der Waals surface area contributed by atoms with Gasteiger partial charge in [-0.05, 0) is 80.0 Å². The van der Waals surface area contributed by atoms with Crippen molar-refractivity contribution in [1.29, 1.82) is 0 Å². The van der Waals surface area contributed by atoms with Gasteiger partial charge in [-0.15, -0.1) is 0 Å². The van der Waals surface area contributed by atoms with Gasteiger partial charge < -0.3 is 10.1 Å². The van der Waals surface area contributed by atoms with Gasteiger partial charge in [-0.3, -0.25) is 4.79 Å². The predicted molar refractivity (Wildman–Crippen MR) is 137 cm³/mol. The minimum Gasteiger partial charge on any atom is -0.494 e. The van der Waals surface area contributed by atoms with Crippen molar-refractivity contribution in [1.82, 2.24) is 10.0 Å². The summed E-state index contributed by atoms with van der Waals surface area (Å²) in [5.74, 6) is 0.308. The second-order valence-electron chi connectivity index (χ2n) is 8.88. The summed E-state index contributed by atoms with van der Waals surface area (Å²) in [6, 6.07) is 21.2. The Morgan fingerprint density at radius 2 is 1.80 bits per heavy atom. The SMILES string of the molecule is CCOc1ccc(S(=O)(=O)N[C@@H](Cc2ccccc2)C(=O)N[C@@H]2CCCc3ccccc32)cc1C. The summed E-state index contributed by atoms with van der Waals surface area (Å²) in [4.78, 5) is 13.6. The molecule has 1 aliphatic carbocycles. The molecule has 0 bridgehead atoms. The molecule has 0 heterocycles. The van der Waals surface area contributed by atoms with Crippen LogP contribution in [0.4, 0.5) is 0 Å². The zero-order valence-corrected chi connectivity index (χ0v) is 21.0. The van der Waals surface area contributed by atoms with Crippen LogP contribution in [0.3, 0.4) is 0 Å². The number of ether oxygens (including phenoxy) is 1. The highest BCUT2D eigenvalue weighted by Gasteiger charge is 2.29. The van der Waals surface area contributed by atoms with Crippen LogP contribution in [0.1, 0.15) is 48.1 Å². The highest BCUT2D eigenvalue weighted by atomic mass is 32.2. The van der Waals surface area contributed by atoms with Crippen LogP contribution in [0.25, 0.3) is 0 Å². The lowest BCUT2D eigenvalue weighted by Gasteiger charge is -2.28. The molecular weight excluding hydrogens is 460 g/mol. The molecule has 2 N–H and O–H groups in total. The van der Waals surface area contributed by atoms with E-state index in [1.807, 2.05) is 55.5 Å². The average molecular weight is 493 g/mol. The number of benzene rings is 3. The molecule has 35 heavy (non-hydrogen) atoms. The molecule has 0 fully saturated rings. The van der Waals surface area contributed by atoms with Crippen LogP contribution < -0.4 is 14.8 Å². The molecule has 0 unspecified atom stereocenters. The van der Waals surface area contributed by atoms with E-state index in [0.29, 0.717) is 12.4 Å². The number of fused-ring (bicyclic) bond motifs is 1. The first-order valence-electron chi connectivity index (χ1n) is 12.0. The van der Waals surface area contributed by atoms with Crippen molar-refractivity contribution in [2.75, 3.05) is 6.61 Å². The molecule has 3 aromatic carbocycles. The van der Waals surface area contributed by atoms with Crippen LogP contribution in [-0.2, 0) is 27.7 Å². The topological polar surface area (TPSA) is 84.5 Å². The van der Waals surface area contributed by atoms with Crippen LogP contribution in [0.5, 0.6) is 5.75 Å². The van der Waals surface area contributed by atoms with E-state index >= 15 is 0 Å². The van der Waals surface area contributed by atoms with E-state index in [-0.39, 0.29) is 23.3 Å². The van der Waals surface area contributed by atoms with Gasteiger partial charge in [-0.2, -0.15) is 4.72 Å². The summed E-state index contributed by atoms with van der Waals surface area (Å²) in [6.07, 6.45) is 3.03. The number of nitrogens with one attached hydrogen (secondary N) is 2. The average Bonchev–Trinajstić information content (AvgIpc) is 2.85. The molecule has 0 aromatic heterocycles. The van der Waals surface area contributed by atoms with Crippen molar-refractivity contribution in [3.63, 3.8) is 0 Å². The quantitative estimate of drug-likeness (QED) is 0.461. The number of hydrogen-bond donors (Lipinski definition) is 2. The van der Waals surface area contributed by atoms with Gasteiger partial charge in [-0.25, -0.2) is 8.42 Å². The highest BCUT2D eigenvalue weighted by Crippen LogP contribution is 2.29. The molecule has 0 radical (unpaired) electrons. The van der Waals surface area contributed by atoms with Crippen molar-refractivity contribution in [2.45, 2.75) is 56.5 Å². The summed E-state index contributed by atoms with van der Waals surface area (Å²) >= 11 is 0. The Hall–Kier alpha value is -3.16. The minimum absolute atomic E-state index is 0.104. The number of rotatable bonds is 9. The fraction of sp³-hybridized carbons (Fsp3) is 0.321. The van der Waals surface area contributed by atoms with E-state index in [4.69, 9.17) is 4.74 Å². The second kappa shape index (κ2) is 11.1. The van der Waals surface area contributed by atoms with Gasteiger partial charge in [0.1, 0.15) is 11.8 Å². The molecule has 7 heteroatoms. The Morgan fingerprint density at radius 1 is 1.06 bits per heavy atom. The summed E-state index contributed by atoms with van der Waals surface area (Å²) in [7, 11) is -3.95. The summed E-state index contributed by atoms with van der Waals surface area (Å²) in [6.45, 7) is 4.18. The zero-order chi connectivity index (χ0) is 24.8. The van der Waals surface area contributed by atoms with Gasteiger partial charge in [-0.1, -0.05) is 54.6 Å². The fourth-order valence-corrected chi connectivity index (χ4v) is 5.86. The summed E-state index contributed by atoms with van der Waals surface area (Å²) in [5.41, 5.74) is 3.93. The Morgan fingerprint density at radius 3 is 2.54 bits per heavy atom. The van der Waals surface area contributed by atoms with Crippen LogP contribution in [-0.4, -0.2) is 27.0 Å². The Kier molecular flexibility index (Phi) is 7.88. The first-order chi connectivity index (χ1) is 16.9. The maximum atomic E-state index is 13.5. The molecule has 0 spiro atoms. The molecular formula is C28H32N2O4S. The second-order valence-corrected chi connectivity index (χ2v) is 10.6. The van der Waals surface area contributed by atoms with Crippen LogP contribution in [0.15, 0.2) is 77.7 Å². The number of sulfonamides is 1. The van der Waals surface area contributed by atoms with Gasteiger partial charge in [0, 0.05) is 0 Å². The predicted octanol–water partition coefficient (Wildman–Crippen LogP) is 4.48. The summed E-state index contributed by atoms with van der Waals surface area (Å²) < 4.78 is 34.8. The Labute approximate surface area is 207 Å². The molecule has 184 valence electrons. The van der Waals surface area contributed by atoms with E-state index in [1.165, 1.54) is 11.6 Å². The molecule has 6 nitrogen and oxygen atoms in total. The van der Waals surface area contributed by atoms with E-state index in [9.17, 15) is 13.2 Å². The maximum absolute atomic E-state index is 13.5. The highest BCUT2D eigenvalue weighted by molar-refractivity contribution is 7.89. The van der Waals surface area contributed by atoms with Crippen LogP contribution >= 0.6 is 0 Å². The van der Waals surface area contributed by atoms with Gasteiger partial charge in [0.25, 0.3) is 0 Å². The number of carbonyl (C=O) groups excluding carboxylic acids is 1. The smallest absolute Gasteiger partial charge is 0.241 e. The zero-order valence-electron chi connectivity index (χ0n) is 20.2. The largest absolute Gasteiger partial charge is 0.494 e. The van der Waals surface area contributed by atoms with Crippen LogP contribution in [0.2, 0.25) is 0 Å². The lowest BCUT2D eigenvalue weighted by atomic mass is 9.87. The molecule has 4 rings (SSSR count). The third-order valence-corrected chi connectivity index (χ3v) is 7.81. The van der Waals surface area contributed by atoms with Crippen molar-refractivity contribution in [3.05, 3.63) is 95.1 Å². The van der Waals surface area contributed by atoms with Gasteiger partial charge in [0.15, 0.2) is 0 Å². The number of amides is 1. The Bertz CT molecular complexity index is 1280. The van der Waals surface area contributed by atoms with E-state index < -0.39 is 16.1 Å². The van der Waals surface area contributed by atoms with Gasteiger partial charge >= 0.3 is 0 Å². The molecule has 1 aliphatic rings. The lowest BCUT2D eigenvalue weighted by molar-refractivity contribution is -0.123. The molecule has 1 amide bonds. The van der Waals surface area contributed by atoms with E-state index in [0.717, 1.165) is 36.0 Å². The first-order valence-corrected chi connectivity index (χ1v) is 13.5. The first kappa shape index (κ1) is 24.9. The third kappa shape index (κ3) is 6.10. The number of hydrogen-bond acceptors (Lipinski definition) is 4. The van der Waals surface area contributed by atoms with Crippen molar-refractivity contribution in [3.8, 4) is 5.75 Å². The van der Waals surface area contributed by atoms with Crippen molar-refractivity contribution < 1.29 is 17.9 Å². The van der Waals surface area contributed by atoms with Gasteiger partial charge in [0.05, 0.1) is 17.5 Å². The van der Waals surface area contributed by atoms with Crippen molar-refractivity contribution in [2.24, 2.45) is 0 Å². The van der Waals surface area contributed by atoms with E-state index in [2.05, 4.69) is 16.1 Å². The molecule has 3 aromatic rings. The molecule has 0 saturated heterocycles. The Balaban J connectivity index is 1.58. The number of aryl methyl sites for hydroxylation is 2. The fourth-order valence-electron chi connectivity index (χ4n) is 4.58. The minimum atomic E-state index is -3.95. The monoisotopic (exact) mass is 492 g/mol. The summed E-state index contributed by atoms with van der Waals surface area (Å²) in [5, 5.41) is 3.12. The lowest BCUT2D eigenvalue weighted by Crippen LogP contribution is -2.49. The van der Waals surface area contributed by atoms with Gasteiger partial charge in [0.2, 0.25) is 15.9 Å². The normalized spacial score (nSPS) is 16.2. The molecule has 2 atom stereocenters. The van der Waals surface area contributed by atoms with Crippen molar-refractivity contribution >= 4 is 15.9 Å². The molecule has 0 saturated carbocycles.